The van der Waals surface area contributed by atoms with Gasteiger partial charge < -0.3 is 20.1 Å². The normalized spacial score (nSPS) is 10.4. The molecule has 0 fully saturated rings. The first-order valence-electron chi connectivity index (χ1n) is 9.76. The number of hydrogen-bond donors (Lipinski definition) is 2. The highest BCUT2D eigenvalue weighted by molar-refractivity contribution is 5.56. The lowest BCUT2D eigenvalue weighted by Crippen LogP contribution is -2.14. The van der Waals surface area contributed by atoms with E-state index in [9.17, 15) is 0 Å². The number of rotatable bonds is 13. The van der Waals surface area contributed by atoms with Gasteiger partial charge in [-0.3, -0.25) is 0 Å². The Balaban J connectivity index is 1.76. The molecule has 26 heavy (non-hydrogen) atoms. The van der Waals surface area contributed by atoms with E-state index in [4.69, 9.17) is 9.47 Å². The van der Waals surface area contributed by atoms with Crippen LogP contribution in [-0.4, -0.2) is 26.3 Å². The number of nitrogens with one attached hydrogen (secondary N) is 2. The van der Waals surface area contributed by atoms with E-state index in [0.717, 1.165) is 74.9 Å². The van der Waals surface area contributed by atoms with E-state index < -0.39 is 0 Å². The third-order valence-corrected chi connectivity index (χ3v) is 4.01. The third kappa shape index (κ3) is 7.26. The van der Waals surface area contributed by atoms with Gasteiger partial charge in [0, 0.05) is 24.8 Å². The van der Waals surface area contributed by atoms with Crippen molar-refractivity contribution >= 4 is 11.4 Å². The van der Waals surface area contributed by atoms with Crippen LogP contribution in [0.25, 0.3) is 0 Å². The molecule has 0 aliphatic carbocycles. The molecule has 0 amide bonds. The molecule has 2 aromatic carbocycles. The maximum absolute atomic E-state index is 5.86. The van der Waals surface area contributed by atoms with E-state index in [2.05, 4.69) is 42.7 Å². The van der Waals surface area contributed by atoms with Gasteiger partial charge >= 0.3 is 0 Å². The second-order valence-corrected chi connectivity index (χ2v) is 6.28. The summed E-state index contributed by atoms with van der Waals surface area (Å²) in [5, 5.41) is 6.88. The maximum Gasteiger partial charge on any atom is 0.142 e. The Labute approximate surface area is 157 Å². The number of anilines is 2. The van der Waals surface area contributed by atoms with Crippen LogP contribution in [0.4, 0.5) is 11.4 Å². The van der Waals surface area contributed by atoms with Crippen molar-refractivity contribution in [3.8, 4) is 11.5 Å². The van der Waals surface area contributed by atoms with Gasteiger partial charge in [0.25, 0.3) is 0 Å². The van der Waals surface area contributed by atoms with Crippen LogP contribution in [0.1, 0.15) is 39.5 Å². The Morgan fingerprint density at radius 1 is 0.769 bits per heavy atom. The Morgan fingerprint density at radius 3 is 2.31 bits per heavy atom. The second kappa shape index (κ2) is 12.1. The molecule has 0 heterocycles. The molecule has 2 aromatic rings. The molecule has 0 saturated carbocycles. The van der Waals surface area contributed by atoms with Gasteiger partial charge in [0.05, 0.1) is 18.9 Å². The predicted molar refractivity (Wildman–Crippen MR) is 111 cm³/mol. The van der Waals surface area contributed by atoms with E-state index in [1.165, 1.54) is 0 Å². The van der Waals surface area contributed by atoms with E-state index in [-0.39, 0.29) is 0 Å². The first-order chi connectivity index (χ1) is 12.8. The molecule has 4 heteroatoms. The Bertz CT molecular complexity index is 631. The molecule has 0 aromatic heterocycles. The molecule has 0 aliphatic heterocycles. The van der Waals surface area contributed by atoms with Gasteiger partial charge in [-0.05, 0) is 37.1 Å². The molecule has 2 N–H and O–H groups in total. The number of ether oxygens (including phenoxy) is 2. The van der Waals surface area contributed by atoms with Crippen LogP contribution < -0.4 is 20.1 Å². The highest BCUT2D eigenvalue weighted by Crippen LogP contribution is 2.24. The predicted octanol–water partition coefficient (Wildman–Crippen LogP) is 5.57. The van der Waals surface area contributed by atoms with Gasteiger partial charge in [-0.15, -0.1) is 0 Å². The highest BCUT2D eigenvalue weighted by Gasteiger charge is 2.02. The number of benzene rings is 2. The van der Waals surface area contributed by atoms with E-state index in [1.807, 2.05) is 30.3 Å². The van der Waals surface area contributed by atoms with Crippen LogP contribution in [0.5, 0.6) is 11.5 Å². The Morgan fingerprint density at radius 2 is 1.50 bits per heavy atom. The zero-order valence-electron chi connectivity index (χ0n) is 16.1. The van der Waals surface area contributed by atoms with Crippen LogP contribution in [-0.2, 0) is 0 Å². The minimum Gasteiger partial charge on any atom is -0.494 e. The second-order valence-electron chi connectivity index (χ2n) is 6.28. The number of para-hydroxylation sites is 2. The zero-order chi connectivity index (χ0) is 18.5. The molecule has 0 radical (unpaired) electrons. The molecule has 0 saturated heterocycles. The van der Waals surface area contributed by atoms with Crippen molar-refractivity contribution in [3.05, 3.63) is 48.5 Å². The van der Waals surface area contributed by atoms with E-state index in [1.54, 1.807) is 0 Å². The maximum atomic E-state index is 5.86. The molecule has 0 aliphatic rings. The van der Waals surface area contributed by atoms with Crippen molar-refractivity contribution in [1.82, 2.24) is 0 Å². The van der Waals surface area contributed by atoms with Crippen molar-refractivity contribution in [2.24, 2.45) is 0 Å². The van der Waals surface area contributed by atoms with E-state index in [0.29, 0.717) is 0 Å². The fraction of sp³-hybridized carbons (Fsp3) is 0.455. The summed E-state index contributed by atoms with van der Waals surface area (Å²) in [6.45, 7) is 7.51. The summed E-state index contributed by atoms with van der Waals surface area (Å²) in [7, 11) is 0. The summed E-state index contributed by atoms with van der Waals surface area (Å²) in [6, 6.07) is 16.3. The van der Waals surface area contributed by atoms with Crippen molar-refractivity contribution in [2.75, 3.05) is 36.9 Å². The van der Waals surface area contributed by atoms with Gasteiger partial charge in [0.15, 0.2) is 0 Å². The molecular formula is C22H32N2O2. The first-order valence-corrected chi connectivity index (χ1v) is 9.76. The summed E-state index contributed by atoms with van der Waals surface area (Å²) >= 11 is 0. The smallest absolute Gasteiger partial charge is 0.142 e. The summed E-state index contributed by atoms with van der Waals surface area (Å²) < 4.78 is 11.6. The molecule has 0 spiro atoms. The standard InChI is InChI=1S/C22H32N2O2/c1-3-5-16-25-20-11-9-10-19(18-20)23-14-15-24-21-12-7-8-13-22(21)26-17-6-4-2/h7-13,18,23-24H,3-6,14-17H2,1-2H3. The minimum atomic E-state index is 0.762. The number of hydrogen-bond acceptors (Lipinski definition) is 4. The number of unbranched alkanes of at least 4 members (excludes halogenated alkanes) is 2. The first kappa shape index (κ1) is 20.0. The average molecular weight is 357 g/mol. The van der Waals surface area contributed by atoms with Crippen molar-refractivity contribution < 1.29 is 9.47 Å². The topological polar surface area (TPSA) is 42.5 Å². The molecule has 4 nitrogen and oxygen atoms in total. The summed E-state index contributed by atoms with van der Waals surface area (Å²) in [5.41, 5.74) is 2.12. The van der Waals surface area contributed by atoms with Crippen LogP contribution in [0.2, 0.25) is 0 Å². The third-order valence-electron chi connectivity index (χ3n) is 4.01. The van der Waals surface area contributed by atoms with E-state index >= 15 is 0 Å². The molecule has 2 rings (SSSR count). The fourth-order valence-corrected chi connectivity index (χ4v) is 2.50. The van der Waals surface area contributed by atoms with Crippen molar-refractivity contribution in [2.45, 2.75) is 39.5 Å². The van der Waals surface area contributed by atoms with Gasteiger partial charge in [-0.2, -0.15) is 0 Å². The Kier molecular flexibility index (Phi) is 9.26. The fourth-order valence-electron chi connectivity index (χ4n) is 2.50. The minimum absolute atomic E-state index is 0.762. The average Bonchev–Trinajstić information content (AvgIpc) is 2.67. The largest absolute Gasteiger partial charge is 0.494 e. The highest BCUT2D eigenvalue weighted by atomic mass is 16.5. The van der Waals surface area contributed by atoms with Crippen molar-refractivity contribution in [1.29, 1.82) is 0 Å². The van der Waals surface area contributed by atoms with Crippen LogP contribution >= 0.6 is 0 Å². The zero-order valence-corrected chi connectivity index (χ0v) is 16.1. The lowest BCUT2D eigenvalue weighted by Gasteiger charge is -2.14. The summed E-state index contributed by atoms with van der Waals surface area (Å²) in [5.74, 6) is 1.85. The molecule has 142 valence electrons. The van der Waals surface area contributed by atoms with Crippen LogP contribution in [0.3, 0.4) is 0 Å². The lowest BCUT2D eigenvalue weighted by atomic mass is 10.2. The quantitative estimate of drug-likeness (QED) is 0.461. The van der Waals surface area contributed by atoms with Crippen LogP contribution in [0.15, 0.2) is 48.5 Å². The van der Waals surface area contributed by atoms with Gasteiger partial charge in [-0.1, -0.05) is 44.9 Å². The molecule has 0 unspecified atom stereocenters. The monoisotopic (exact) mass is 356 g/mol. The lowest BCUT2D eigenvalue weighted by molar-refractivity contribution is 0.309. The van der Waals surface area contributed by atoms with Gasteiger partial charge in [0.2, 0.25) is 0 Å². The summed E-state index contributed by atoms with van der Waals surface area (Å²) in [4.78, 5) is 0. The Hall–Kier alpha value is -2.36. The van der Waals surface area contributed by atoms with Gasteiger partial charge in [-0.25, -0.2) is 0 Å². The molecule has 0 atom stereocenters. The van der Waals surface area contributed by atoms with Gasteiger partial charge in [0.1, 0.15) is 11.5 Å². The summed E-state index contributed by atoms with van der Waals surface area (Å²) in [6.07, 6.45) is 4.45. The van der Waals surface area contributed by atoms with Crippen LogP contribution in [0, 0.1) is 0 Å². The van der Waals surface area contributed by atoms with Crippen molar-refractivity contribution in [3.63, 3.8) is 0 Å². The molecule has 0 bridgehead atoms. The molecular weight excluding hydrogens is 324 g/mol. The SMILES string of the molecule is CCCCOc1cccc(NCCNc2ccccc2OCCCC)c1.